The van der Waals surface area contributed by atoms with E-state index in [4.69, 9.17) is 4.74 Å². The molecule has 0 radical (unpaired) electrons. The van der Waals surface area contributed by atoms with E-state index in [0.717, 1.165) is 23.3 Å². The molecule has 0 heterocycles. The first kappa shape index (κ1) is 15.3. The number of carbonyl (C=O) groups is 1. The first-order chi connectivity index (χ1) is 10.1. The fourth-order valence-corrected chi connectivity index (χ4v) is 2.28. The molecule has 0 fully saturated rings. The predicted molar refractivity (Wildman–Crippen MR) is 85.9 cm³/mol. The Bertz CT molecular complexity index is 629. The zero-order chi connectivity index (χ0) is 15.2. The smallest absolute Gasteiger partial charge is 0.162 e. The first-order valence-corrected chi connectivity index (χ1v) is 7.43. The molecule has 0 aliphatic heterocycles. The number of benzene rings is 2. The summed E-state index contributed by atoms with van der Waals surface area (Å²) in [4.78, 5) is 11.9. The van der Waals surface area contributed by atoms with Crippen LogP contribution in [0.2, 0.25) is 0 Å². The molecule has 0 amide bonds. The fraction of sp³-hybridized carbons (Fsp3) is 0.316. The molecule has 0 atom stereocenters. The molecule has 0 spiro atoms. The van der Waals surface area contributed by atoms with Crippen LogP contribution in [0.15, 0.2) is 42.5 Å². The minimum Gasteiger partial charge on any atom is -0.489 e. The number of carbonyl (C=O) groups excluding carboxylic acids is 1. The van der Waals surface area contributed by atoms with Crippen molar-refractivity contribution in [1.82, 2.24) is 0 Å². The largest absolute Gasteiger partial charge is 0.489 e. The molecule has 110 valence electrons. The standard InChI is InChI=1S/C19H22O2/c1-4-7-18(20)16-10-11-19(15(3)12-16)21-13-17-9-6-5-8-14(17)2/h5-6,8-12H,4,7,13H2,1-3H3. The Morgan fingerprint density at radius 1 is 1.05 bits per heavy atom. The van der Waals surface area contributed by atoms with Crippen molar-refractivity contribution >= 4 is 5.78 Å². The van der Waals surface area contributed by atoms with E-state index in [1.165, 1.54) is 11.1 Å². The van der Waals surface area contributed by atoms with E-state index in [2.05, 4.69) is 19.1 Å². The second-order valence-electron chi connectivity index (χ2n) is 5.37. The summed E-state index contributed by atoms with van der Waals surface area (Å²) in [6.45, 7) is 6.63. The minimum atomic E-state index is 0.200. The number of ketones is 1. The third-order valence-corrected chi connectivity index (χ3v) is 3.62. The van der Waals surface area contributed by atoms with E-state index in [9.17, 15) is 4.79 Å². The highest BCUT2D eigenvalue weighted by molar-refractivity contribution is 5.96. The average molecular weight is 282 g/mol. The van der Waals surface area contributed by atoms with Crippen molar-refractivity contribution in [3.8, 4) is 5.75 Å². The van der Waals surface area contributed by atoms with Crippen LogP contribution >= 0.6 is 0 Å². The second kappa shape index (κ2) is 7.07. The van der Waals surface area contributed by atoms with Crippen LogP contribution in [0.4, 0.5) is 0 Å². The number of hydrogen-bond donors (Lipinski definition) is 0. The summed E-state index contributed by atoms with van der Waals surface area (Å²) < 4.78 is 5.89. The summed E-state index contributed by atoms with van der Waals surface area (Å²) in [5, 5.41) is 0. The summed E-state index contributed by atoms with van der Waals surface area (Å²) in [5.74, 6) is 1.04. The molecule has 2 rings (SSSR count). The van der Waals surface area contributed by atoms with E-state index in [1.807, 2.05) is 44.2 Å². The summed E-state index contributed by atoms with van der Waals surface area (Å²) in [7, 11) is 0. The van der Waals surface area contributed by atoms with Crippen LogP contribution < -0.4 is 4.74 Å². The van der Waals surface area contributed by atoms with Crippen LogP contribution in [0.3, 0.4) is 0 Å². The van der Waals surface area contributed by atoms with E-state index >= 15 is 0 Å². The van der Waals surface area contributed by atoms with E-state index in [-0.39, 0.29) is 5.78 Å². The van der Waals surface area contributed by atoms with Crippen molar-refractivity contribution in [3.63, 3.8) is 0 Å². The molecule has 2 aromatic carbocycles. The molecule has 0 saturated heterocycles. The van der Waals surface area contributed by atoms with Crippen molar-refractivity contribution in [2.24, 2.45) is 0 Å². The molecule has 2 heteroatoms. The van der Waals surface area contributed by atoms with Crippen LogP contribution in [0.25, 0.3) is 0 Å². The third kappa shape index (κ3) is 3.94. The van der Waals surface area contributed by atoms with Gasteiger partial charge in [-0.2, -0.15) is 0 Å². The lowest BCUT2D eigenvalue weighted by Gasteiger charge is -2.12. The Hall–Kier alpha value is -2.09. The van der Waals surface area contributed by atoms with Gasteiger partial charge in [0.25, 0.3) is 0 Å². The maximum absolute atomic E-state index is 11.9. The van der Waals surface area contributed by atoms with Gasteiger partial charge in [-0.15, -0.1) is 0 Å². The Labute approximate surface area is 126 Å². The van der Waals surface area contributed by atoms with Gasteiger partial charge in [0.2, 0.25) is 0 Å². The molecule has 0 unspecified atom stereocenters. The molecule has 2 aromatic rings. The molecule has 0 saturated carbocycles. The monoisotopic (exact) mass is 282 g/mol. The van der Waals surface area contributed by atoms with Crippen LogP contribution in [0.5, 0.6) is 5.75 Å². The summed E-state index contributed by atoms with van der Waals surface area (Å²) in [5.41, 5.74) is 4.19. The SMILES string of the molecule is CCCC(=O)c1ccc(OCc2ccccc2C)c(C)c1. The Morgan fingerprint density at radius 2 is 1.81 bits per heavy atom. The van der Waals surface area contributed by atoms with E-state index in [0.29, 0.717) is 13.0 Å². The predicted octanol–water partition coefficient (Wildman–Crippen LogP) is 4.87. The van der Waals surface area contributed by atoms with Crippen molar-refractivity contribution < 1.29 is 9.53 Å². The van der Waals surface area contributed by atoms with Gasteiger partial charge < -0.3 is 4.74 Å². The molecule has 21 heavy (non-hydrogen) atoms. The summed E-state index contributed by atoms with van der Waals surface area (Å²) >= 11 is 0. The van der Waals surface area contributed by atoms with Gasteiger partial charge in [-0.3, -0.25) is 4.79 Å². The molecule has 2 nitrogen and oxygen atoms in total. The maximum Gasteiger partial charge on any atom is 0.162 e. The van der Waals surface area contributed by atoms with E-state index in [1.54, 1.807) is 0 Å². The normalized spacial score (nSPS) is 10.4. The van der Waals surface area contributed by atoms with Crippen LogP contribution in [-0.4, -0.2) is 5.78 Å². The van der Waals surface area contributed by atoms with Gasteiger partial charge in [0.15, 0.2) is 5.78 Å². The molecule has 0 aliphatic rings. The first-order valence-electron chi connectivity index (χ1n) is 7.43. The average Bonchev–Trinajstić information content (AvgIpc) is 2.47. The second-order valence-corrected chi connectivity index (χ2v) is 5.37. The molecular formula is C19H22O2. The highest BCUT2D eigenvalue weighted by atomic mass is 16.5. The highest BCUT2D eigenvalue weighted by Crippen LogP contribution is 2.22. The molecule has 0 aromatic heterocycles. The number of hydrogen-bond acceptors (Lipinski definition) is 2. The van der Waals surface area contributed by atoms with Crippen molar-refractivity contribution in [1.29, 1.82) is 0 Å². The third-order valence-electron chi connectivity index (χ3n) is 3.62. The van der Waals surface area contributed by atoms with Crippen LogP contribution in [-0.2, 0) is 6.61 Å². The van der Waals surface area contributed by atoms with Gasteiger partial charge >= 0.3 is 0 Å². The van der Waals surface area contributed by atoms with Crippen molar-refractivity contribution in [3.05, 3.63) is 64.7 Å². The number of Topliss-reactive ketones (excluding diaryl/α,β-unsaturated/α-hetero) is 1. The van der Waals surface area contributed by atoms with Crippen LogP contribution in [0, 0.1) is 13.8 Å². The molecular weight excluding hydrogens is 260 g/mol. The lowest BCUT2D eigenvalue weighted by Crippen LogP contribution is -2.02. The van der Waals surface area contributed by atoms with Gasteiger partial charge in [-0.05, 0) is 55.2 Å². The number of ether oxygens (including phenoxy) is 1. The van der Waals surface area contributed by atoms with Crippen LogP contribution in [0.1, 0.15) is 46.8 Å². The Morgan fingerprint density at radius 3 is 2.48 bits per heavy atom. The molecule has 0 aliphatic carbocycles. The Kier molecular flexibility index (Phi) is 5.15. The maximum atomic E-state index is 11.9. The molecule has 0 bridgehead atoms. The van der Waals surface area contributed by atoms with Gasteiger partial charge in [0.05, 0.1) is 0 Å². The van der Waals surface area contributed by atoms with Gasteiger partial charge in [0, 0.05) is 12.0 Å². The van der Waals surface area contributed by atoms with Gasteiger partial charge in [-0.1, -0.05) is 31.2 Å². The fourth-order valence-electron chi connectivity index (χ4n) is 2.28. The minimum absolute atomic E-state index is 0.200. The highest BCUT2D eigenvalue weighted by Gasteiger charge is 2.08. The molecule has 0 N–H and O–H groups in total. The van der Waals surface area contributed by atoms with Crippen molar-refractivity contribution in [2.75, 3.05) is 0 Å². The van der Waals surface area contributed by atoms with Crippen molar-refractivity contribution in [2.45, 2.75) is 40.2 Å². The van der Waals surface area contributed by atoms with Gasteiger partial charge in [-0.25, -0.2) is 0 Å². The lowest BCUT2D eigenvalue weighted by atomic mass is 10.0. The lowest BCUT2D eigenvalue weighted by molar-refractivity contribution is 0.0981. The summed E-state index contributed by atoms with van der Waals surface area (Å²) in [6.07, 6.45) is 1.48. The zero-order valence-electron chi connectivity index (χ0n) is 13.0. The summed E-state index contributed by atoms with van der Waals surface area (Å²) in [6, 6.07) is 13.9. The number of aryl methyl sites for hydroxylation is 2. The van der Waals surface area contributed by atoms with E-state index < -0.39 is 0 Å². The van der Waals surface area contributed by atoms with Gasteiger partial charge in [0.1, 0.15) is 12.4 Å². The Balaban J connectivity index is 2.08. The topological polar surface area (TPSA) is 26.3 Å². The number of rotatable bonds is 6. The zero-order valence-corrected chi connectivity index (χ0v) is 13.0. The quantitative estimate of drug-likeness (QED) is 0.707.